The predicted molar refractivity (Wildman–Crippen MR) is 115 cm³/mol. The maximum Gasteiger partial charge on any atom is 0.248 e. The van der Waals surface area contributed by atoms with E-state index in [1.807, 2.05) is 43.6 Å². The molecule has 1 unspecified atom stereocenters. The summed E-state index contributed by atoms with van der Waals surface area (Å²) in [5.74, 6) is -0.243. The predicted octanol–water partition coefficient (Wildman–Crippen LogP) is 1.58. The molecule has 3 rings (SSSR count). The van der Waals surface area contributed by atoms with Gasteiger partial charge in [-0.3, -0.25) is 14.5 Å². The third kappa shape index (κ3) is 6.08. The summed E-state index contributed by atoms with van der Waals surface area (Å²) in [6, 6.07) is 9.30. The van der Waals surface area contributed by atoms with Crippen LogP contribution in [-0.4, -0.2) is 50.1 Å². The van der Waals surface area contributed by atoms with Gasteiger partial charge in [0, 0.05) is 61.6 Å². The SMILES string of the molecule is Cn1cc(-c2ccncc2C=CC(=O)Nc2ccc(CNCC(O)CO)cc2)cn1. The summed E-state index contributed by atoms with van der Waals surface area (Å²) < 4.78 is 1.73. The Bertz CT molecular complexity index is 998. The summed E-state index contributed by atoms with van der Waals surface area (Å²) in [7, 11) is 1.85. The Balaban J connectivity index is 1.58. The van der Waals surface area contributed by atoms with Crippen molar-refractivity contribution in [1.82, 2.24) is 20.1 Å². The van der Waals surface area contributed by atoms with E-state index in [4.69, 9.17) is 5.11 Å². The summed E-state index contributed by atoms with van der Waals surface area (Å²) in [6.45, 7) is 0.604. The van der Waals surface area contributed by atoms with Gasteiger partial charge in [-0.15, -0.1) is 0 Å². The van der Waals surface area contributed by atoms with E-state index in [1.165, 1.54) is 6.08 Å². The average molecular weight is 407 g/mol. The van der Waals surface area contributed by atoms with E-state index < -0.39 is 6.10 Å². The Kier molecular flexibility index (Phi) is 7.45. The average Bonchev–Trinajstić information content (AvgIpc) is 3.19. The number of benzene rings is 1. The number of aryl methyl sites for hydroxylation is 1. The van der Waals surface area contributed by atoms with Gasteiger partial charge < -0.3 is 20.8 Å². The molecule has 0 saturated heterocycles. The number of amides is 1. The highest BCUT2D eigenvalue weighted by atomic mass is 16.3. The first-order valence-corrected chi connectivity index (χ1v) is 9.56. The van der Waals surface area contributed by atoms with E-state index in [0.29, 0.717) is 18.8 Å². The van der Waals surface area contributed by atoms with E-state index in [-0.39, 0.29) is 12.5 Å². The highest BCUT2D eigenvalue weighted by Gasteiger charge is 2.06. The van der Waals surface area contributed by atoms with E-state index >= 15 is 0 Å². The minimum Gasteiger partial charge on any atom is -0.394 e. The number of hydrogen-bond acceptors (Lipinski definition) is 6. The molecule has 0 spiro atoms. The number of carbonyl (C=O) groups is 1. The number of rotatable bonds is 9. The maximum absolute atomic E-state index is 12.3. The highest BCUT2D eigenvalue weighted by molar-refractivity contribution is 6.02. The van der Waals surface area contributed by atoms with Crippen LogP contribution in [0.25, 0.3) is 17.2 Å². The molecular weight excluding hydrogens is 382 g/mol. The van der Waals surface area contributed by atoms with Crippen LogP contribution in [0.2, 0.25) is 0 Å². The van der Waals surface area contributed by atoms with Crippen molar-refractivity contribution >= 4 is 17.7 Å². The zero-order valence-corrected chi connectivity index (χ0v) is 16.7. The lowest BCUT2D eigenvalue weighted by atomic mass is 10.0. The fraction of sp³-hybridized carbons (Fsp3) is 0.227. The molecule has 156 valence electrons. The van der Waals surface area contributed by atoms with E-state index in [2.05, 4.69) is 20.7 Å². The third-order valence-electron chi connectivity index (χ3n) is 4.42. The first-order valence-electron chi connectivity index (χ1n) is 9.56. The molecule has 8 nitrogen and oxygen atoms in total. The zero-order chi connectivity index (χ0) is 21.3. The fourth-order valence-corrected chi connectivity index (χ4v) is 2.87. The Hall–Kier alpha value is -3.33. The van der Waals surface area contributed by atoms with Crippen LogP contribution in [0.3, 0.4) is 0 Å². The molecule has 0 fully saturated rings. The molecule has 1 aromatic carbocycles. The van der Waals surface area contributed by atoms with E-state index in [9.17, 15) is 9.90 Å². The number of aliphatic hydroxyl groups excluding tert-OH is 2. The third-order valence-corrected chi connectivity index (χ3v) is 4.42. The van der Waals surface area contributed by atoms with Crippen LogP contribution in [0.5, 0.6) is 0 Å². The number of hydrogen-bond donors (Lipinski definition) is 4. The minimum atomic E-state index is -0.770. The molecule has 0 aliphatic carbocycles. The molecule has 0 saturated carbocycles. The van der Waals surface area contributed by atoms with Crippen LogP contribution in [0.15, 0.2) is 61.2 Å². The molecule has 0 aliphatic heterocycles. The largest absolute Gasteiger partial charge is 0.394 e. The van der Waals surface area contributed by atoms with Crippen LogP contribution in [0.4, 0.5) is 5.69 Å². The molecule has 0 aliphatic rings. The van der Waals surface area contributed by atoms with Crippen molar-refractivity contribution in [3.8, 4) is 11.1 Å². The smallest absolute Gasteiger partial charge is 0.248 e. The van der Waals surface area contributed by atoms with Crippen LogP contribution in [0.1, 0.15) is 11.1 Å². The number of anilines is 1. The maximum atomic E-state index is 12.3. The topological polar surface area (TPSA) is 112 Å². The van der Waals surface area contributed by atoms with Crippen LogP contribution in [0, 0.1) is 0 Å². The highest BCUT2D eigenvalue weighted by Crippen LogP contribution is 2.23. The van der Waals surface area contributed by atoms with Crippen molar-refractivity contribution in [2.45, 2.75) is 12.6 Å². The molecule has 1 atom stereocenters. The Morgan fingerprint density at radius 2 is 2.03 bits per heavy atom. The van der Waals surface area contributed by atoms with Crippen LogP contribution < -0.4 is 10.6 Å². The molecule has 8 heteroatoms. The normalized spacial score (nSPS) is 12.2. The number of pyridine rings is 1. The van der Waals surface area contributed by atoms with Crippen LogP contribution >= 0.6 is 0 Å². The van der Waals surface area contributed by atoms with Crippen molar-refractivity contribution < 1.29 is 15.0 Å². The second-order valence-corrected chi connectivity index (χ2v) is 6.85. The number of aliphatic hydroxyl groups is 2. The second kappa shape index (κ2) is 10.4. The molecule has 30 heavy (non-hydrogen) atoms. The van der Waals surface area contributed by atoms with Gasteiger partial charge in [0.1, 0.15) is 0 Å². The summed E-state index contributed by atoms with van der Waals surface area (Å²) in [5, 5.41) is 28.2. The molecule has 4 N–H and O–H groups in total. The summed E-state index contributed by atoms with van der Waals surface area (Å²) in [5.41, 5.74) is 4.42. The summed E-state index contributed by atoms with van der Waals surface area (Å²) in [6.07, 6.45) is 9.54. The van der Waals surface area contributed by atoms with Crippen molar-refractivity contribution in [3.63, 3.8) is 0 Å². The second-order valence-electron chi connectivity index (χ2n) is 6.85. The molecule has 0 radical (unpaired) electrons. The number of nitrogens with one attached hydrogen (secondary N) is 2. The molecule has 2 aromatic heterocycles. The molecule has 3 aromatic rings. The van der Waals surface area contributed by atoms with Gasteiger partial charge in [0.25, 0.3) is 0 Å². The van der Waals surface area contributed by atoms with Gasteiger partial charge in [0.2, 0.25) is 5.91 Å². The number of aromatic nitrogens is 3. The van der Waals surface area contributed by atoms with Gasteiger partial charge in [-0.05, 0) is 35.4 Å². The Morgan fingerprint density at radius 1 is 1.23 bits per heavy atom. The van der Waals surface area contributed by atoms with Gasteiger partial charge in [-0.25, -0.2) is 0 Å². The standard InChI is InChI=1S/C22H25N5O3/c1-27-14-18(12-25-27)21-8-9-23-11-17(21)4-7-22(30)26-19-5-2-16(3-6-19)10-24-13-20(29)15-28/h2-9,11-12,14,20,24,28-29H,10,13,15H2,1H3,(H,26,30). The fourth-order valence-electron chi connectivity index (χ4n) is 2.87. The Labute approximate surface area is 174 Å². The van der Waals surface area contributed by atoms with Crippen molar-refractivity contribution in [3.05, 3.63) is 72.3 Å². The quantitative estimate of drug-likeness (QED) is 0.401. The van der Waals surface area contributed by atoms with Crippen molar-refractivity contribution in [2.24, 2.45) is 7.05 Å². The van der Waals surface area contributed by atoms with Crippen LogP contribution in [-0.2, 0) is 18.4 Å². The lowest BCUT2D eigenvalue weighted by Crippen LogP contribution is -2.28. The monoisotopic (exact) mass is 407 g/mol. The van der Waals surface area contributed by atoms with Gasteiger partial charge >= 0.3 is 0 Å². The molecule has 0 bridgehead atoms. The zero-order valence-electron chi connectivity index (χ0n) is 16.7. The summed E-state index contributed by atoms with van der Waals surface area (Å²) >= 11 is 0. The van der Waals surface area contributed by atoms with E-state index in [1.54, 1.807) is 29.3 Å². The lowest BCUT2D eigenvalue weighted by Gasteiger charge is -2.09. The van der Waals surface area contributed by atoms with Gasteiger partial charge in [-0.2, -0.15) is 5.10 Å². The molecule has 1 amide bonds. The number of carbonyl (C=O) groups excluding carboxylic acids is 1. The van der Waals surface area contributed by atoms with Gasteiger partial charge in [-0.1, -0.05) is 12.1 Å². The first kappa shape index (κ1) is 21.4. The first-order chi connectivity index (χ1) is 14.5. The van der Waals surface area contributed by atoms with Crippen molar-refractivity contribution in [1.29, 1.82) is 0 Å². The molecular formula is C22H25N5O3. The minimum absolute atomic E-state index is 0.243. The lowest BCUT2D eigenvalue weighted by molar-refractivity contribution is -0.111. The van der Waals surface area contributed by atoms with E-state index in [0.717, 1.165) is 22.3 Å². The molecule has 2 heterocycles. The van der Waals surface area contributed by atoms with Gasteiger partial charge in [0.05, 0.1) is 18.9 Å². The number of nitrogens with zero attached hydrogens (tertiary/aromatic N) is 3. The van der Waals surface area contributed by atoms with Crippen molar-refractivity contribution in [2.75, 3.05) is 18.5 Å². The summed E-state index contributed by atoms with van der Waals surface area (Å²) in [4.78, 5) is 16.4. The van der Waals surface area contributed by atoms with Gasteiger partial charge in [0.15, 0.2) is 0 Å². The Morgan fingerprint density at radius 3 is 2.73 bits per heavy atom.